The third-order valence-electron chi connectivity index (χ3n) is 2.77. The molecule has 1 unspecified atom stereocenters. The first-order chi connectivity index (χ1) is 8.49. The number of hydrogen-bond acceptors (Lipinski definition) is 4. The molecule has 1 saturated heterocycles. The molecule has 1 aliphatic rings. The van der Waals surface area contributed by atoms with Crippen LogP contribution < -0.4 is 11.1 Å². The monoisotopic (exact) mass is 258 g/mol. The average Bonchev–Trinajstić information content (AvgIpc) is 2.28. The first-order valence-corrected chi connectivity index (χ1v) is 5.87. The van der Waals surface area contributed by atoms with Crippen molar-refractivity contribution in [1.82, 2.24) is 5.32 Å². The molecular weight excluding hydrogens is 240 g/mol. The summed E-state index contributed by atoms with van der Waals surface area (Å²) in [7, 11) is 0. The Morgan fingerprint density at radius 1 is 1.44 bits per heavy atom. The first-order valence-electron chi connectivity index (χ1n) is 5.87. The number of rotatable bonds is 6. The highest BCUT2D eigenvalue weighted by Gasteiger charge is 2.24. The van der Waals surface area contributed by atoms with E-state index in [1.807, 2.05) is 0 Å². The lowest BCUT2D eigenvalue weighted by molar-refractivity contribution is -0.143. The third kappa shape index (κ3) is 5.13. The summed E-state index contributed by atoms with van der Waals surface area (Å²) < 4.78 is 5.23. The Bertz CT molecular complexity index is 325. The normalized spacial score (nSPS) is 21.0. The fourth-order valence-corrected chi connectivity index (χ4v) is 1.89. The van der Waals surface area contributed by atoms with Crippen molar-refractivity contribution in [3.8, 4) is 0 Å². The molecule has 0 aromatic heterocycles. The summed E-state index contributed by atoms with van der Waals surface area (Å²) in [6.07, 6.45) is 1.60. The molecule has 0 aromatic carbocycles. The Labute approximate surface area is 105 Å². The zero-order chi connectivity index (χ0) is 13.5. The summed E-state index contributed by atoms with van der Waals surface area (Å²) in [5.74, 6) is -2.30. The van der Waals surface area contributed by atoms with Crippen molar-refractivity contribution in [1.29, 1.82) is 0 Å². The lowest BCUT2D eigenvalue weighted by Crippen LogP contribution is -2.44. The highest BCUT2D eigenvalue weighted by Crippen LogP contribution is 2.16. The van der Waals surface area contributed by atoms with E-state index in [4.69, 9.17) is 15.6 Å². The highest BCUT2D eigenvalue weighted by molar-refractivity contribution is 5.88. The van der Waals surface area contributed by atoms with E-state index in [2.05, 4.69) is 5.32 Å². The molecule has 0 aromatic rings. The number of carboxylic acid groups (broad SMARTS) is 1. The van der Waals surface area contributed by atoms with Crippen LogP contribution in [0.25, 0.3) is 0 Å². The number of amides is 2. The van der Waals surface area contributed by atoms with E-state index in [-0.39, 0.29) is 18.2 Å². The topological polar surface area (TPSA) is 119 Å². The Hall–Kier alpha value is -1.63. The molecule has 0 aliphatic carbocycles. The van der Waals surface area contributed by atoms with Crippen molar-refractivity contribution >= 4 is 17.8 Å². The summed E-state index contributed by atoms with van der Waals surface area (Å²) in [6, 6.07) is -1.25. The van der Waals surface area contributed by atoms with Gasteiger partial charge in [-0.25, -0.2) is 4.79 Å². The maximum atomic E-state index is 11.6. The van der Waals surface area contributed by atoms with E-state index < -0.39 is 24.3 Å². The standard InChI is InChI=1S/C11H18N2O5/c12-9(14)5-8(11(16)17)13-10(15)4-7-2-1-3-18-6-7/h7-8H,1-6H2,(H2,12,14)(H,13,15)(H,16,17)/t7?,8-/m0/s1. The van der Waals surface area contributed by atoms with E-state index in [0.29, 0.717) is 13.2 Å². The maximum absolute atomic E-state index is 11.6. The number of ether oxygens (including phenoxy) is 1. The molecule has 102 valence electrons. The number of carbonyl (C=O) groups is 3. The van der Waals surface area contributed by atoms with Gasteiger partial charge in [0.2, 0.25) is 11.8 Å². The maximum Gasteiger partial charge on any atom is 0.326 e. The number of nitrogens with one attached hydrogen (secondary N) is 1. The summed E-state index contributed by atoms with van der Waals surface area (Å²) in [4.78, 5) is 33.1. The molecular formula is C11H18N2O5. The molecule has 1 heterocycles. The van der Waals surface area contributed by atoms with Gasteiger partial charge in [0, 0.05) is 19.6 Å². The molecule has 0 bridgehead atoms. The summed E-state index contributed by atoms with van der Waals surface area (Å²) >= 11 is 0. The lowest BCUT2D eigenvalue weighted by Gasteiger charge is -2.22. The predicted molar refractivity (Wildman–Crippen MR) is 61.5 cm³/mol. The van der Waals surface area contributed by atoms with Crippen molar-refractivity contribution in [2.75, 3.05) is 13.2 Å². The van der Waals surface area contributed by atoms with Gasteiger partial charge < -0.3 is 20.9 Å². The molecule has 7 nitrogen and oxygen atoms in total. The Balaban J connectivity index is 2.40. The van der Waals surface area contributed by atoms with Crippen molar-refractivity contribution in [3.05, 3.63) is 0 Å². The van der Waals surface area contributed by atoms with Crippen molar-refractivity contribution in [2.45, 2.75) is 31.7 Å². The second-order valence-corrected chi connectivity index (χ2v) is 4.42. The fourth-order valence-electron chi connectivity index (χ4n) is 1.89. The smallest absolute Gasteiger partial charge is 0.326 e. The molecule has 2 amide bonds. The van der Waals surface area contributed by atoms with Crippen molar-refractivity contribution in [2.24, 2.45) is 11.7 Å². The lowest BCUT2D eigenvalue weighted by atomic mass is 9.98. The second-order valence-electron chi connectivity index (χ2n) is 4.42. The Kier molecular flexibility index (Phi) is 5.57. The molecule has 1 aliphatic heterocycles. The van der Waals surface area contributed by atoms with Crippen LogP contribution in [0.15, 0.2) is 0 Å². The Morgan fingerprint density at radius 2 is 2.17 bits per heavy atom. The Morgan fingerprint density at radius 3 is 2.67 bits per heavy atom. The number of carboxylic acids is 1. The van der Waals surface area contributed by atoms with E-state index in [9.17, 15) is 14.4 Å². The van der Waals surface area contributed by atoms with Crippen LogP contribution in [-0.2, 0) is 19.1 Å². The number of primary amides is 1. The molecule has 1 fully saturated rings. The van der Waals surface area contributed by atoms with Gasteiger partial charge in [-0.15, -0.1) is 0 Å². The van der Waals surface area contributed by atoms with Gasteiger partial charge in [0.25, 0.3) is 0 Å². The van der Waals surface area contributed by atoms with E-state index >= 15 is 0 Å². The van der Waals surface area contributed by atoms with Crippen LogP contribution in [0.5, 0.6) is 0 Å². The van der Waals surface area contributed by atoms with Gasteiger partial charge in [-0.2, -0.15) is 0 Å². The fraction of sp³-hybridized carbons (Fsp3) is 0.727. The molecule has 18 heavy (non-hydrogen) atoms. The van der Waals surface area contributed by atoms with E-state index in [0.717, 1.165) is 12.8 Å². The predicted octanol–water partition coefficient (Wildman–Crippen LogP) is -0.752. The van der Waals surface area contributed by atoms with Gasteiger partial charge in [0.1, 0.15) is 6.04 Å². The molecule has 4 N–H and O–H groups in total. The van der Waals surface area contributed by atoms with Gasteiger partial charge >= 0.3 is 5.97 Å². The molecule has 0 spiro atoms. The van der Waals surface area contributed by atoms with Crippen molar-refractivity contribution < 1.29 is 24.2 Å². The minimum atomic E-state index is -1.26. The summed E-state index contributed by atoms with van der Waals surface area (Å²) in [5, 5.41) is 11.1. The molecule has 2 atom stereocenters. The largest absolute Gasteiger partial charge is 0.480 e. The van der Waals surface area contributed by atoms with Gasteiger partial charge in [-0.05, 0) is 18.8 Å². The quantitative estimate of drug-likeness (QED) is 0.579. The zero-order valence-electron chi connectivity index (χ0n) is 10.1. The minimum Gasteiger partial charge on any atom is -0.480 e. The summed E-state index contributed by atoms with van der Waals surface area (Å²) in [5.41, 5.74) is 4.92. The molecule has 1 rings (SSSR count). The number of hydrogen-bond donors (Lipinski definition) is 3. The zero-order valence-corrected chi connectivity index (χ0v) is 10.1. The van der Waals surface area contributed by atoms with E-state index in [1.54, 1.807) is 0 Å². The van der Waals surface area contributed by atoms with Crippen LogP contribution in [0.4, 0.5) is 0 Å². The second kappa shape index (κ2) is 6.95. The average molecular weight is 258 g/mol. The number of nitrogens with two attached hydrogens (primary N) is 1. The molecule has 7 heteroatoms. The van der Waals surface area contributed by atoms with Gasteiger partial charge in [-0.3, -0.25) is 9.59 Å². The van der Waals surface area contributed by atoms with Crippen LogP contribution in [0.2, 0.25) is 0 Å². The number of carbonyl (C=O) groups excluding carboxylic acids is 2. The van der Waals surface area contributed by atoms with Crippen LogP contribution >= 0.6 is 0 Å². The SMILES string of the molecule is NC(=O)C[C@H](NC(=O)CC1CCCOC1)C(=O)O. The van der Waals surface area contributed by atoms with Crippen LogP contribution in [0.3, 0.4) is 0 Å². The van der Waals surface area contributed by atoms with Crippen LogP contribution in [0, 0.1) is 5.92 Å². The summed E-state index contributed by atoms with van der Waals surface area (Å²) in [6.45, 7) is 1.22. The molecule has 0 saturated carbocycles. The minimum absolute atomic E-state index is 0.113. The van der Waals surface area contributed by atoms with Crippen LogP contribution in [-0.4, -0.2) is 42.1 Å². The number of aliphatic carboxylic acids is 1. The van der Waals surface area contributed by atoms with Crippen molar-refractivity contribution in [3.63, 3.8) is 0 Å². The van der Waals surface area contributed by atoms with E-state index in [1.165, 1.54) is 0 Å². The molecule has 0 radical (unpaired) electrons. The van der Waals surface area contributed by atoms with Gasteiger partial charge in [-0.1, -0.05) is 0 Å². The van der Waals surface area contributed by atoms with Crippen LogP contribution in [0.1, 0.15) is 25.7 Å². The third-order valence-corrected chi connectivity index (χ3v) is 2.77. The van der Waals surface area contributed by atoms with Gasteiger partial charge in [0.05, 0.1) is 6.42 Å². The van der Waals surface area contributed by atoms with Gasteiger partial charge in [0.15, 0.2) is 0 Å². The highest BCUT2D eigenvalue weighted by atomic mass is 16.5. The first kappa shape index (κ1) is 14.4.